The van der Waals surface area contributed by atoms with Gasteiger partial charge in [-0.15, -0.1) is 11.8 Å². The van der Waals surface area contributed by atoms with Crippen LogP contribution in [0.5, 0.6) is 5.75 Å². The first-order valence-electron chi connectivity index (χ1n) is 7.47. The molecule has 0 unspecified atom stereocenters. The molecule has 2 N–H and O–H groups in total. The van der Waals surface area contributed by atoms with Gasteiger partial charge in [0.05, 0.1) is 12.9 Å². The molecule has 5 nitrogen and oxygen atoms in total. The highest BCUT2D eigenvalue weighted by molar-refractivity contribution is 8.00. The minimum absolute atomic E-state index is 0.0676. The van der Waals surface area contributed by atoms with Crippen molar-refractivity contribution in [3.05, 3.63) is 54.1 Å². The zero-order valence-corrected chi connectivity index (χ0v) is 14.5. The summed E-state index contributed by atoms with van der Waals surface area (Å²) in [5.41, 5.74) is 1.71. The van der Waals surface area contributed by atoms with Gasteiger partial charge in [-0.2, -0.15) is 0 Å². The molecule has 0 heterocycles. The van der Waals surface area contributed by atoms with Crippen LogP contribution in [-0.2, 0) is 16.1 Å². The smallest absolute Gasteiger partial charge is 0.234 e. The summed E-state index contributed by atoms with van der Waals surface area (Å²) in [4.78, 5) is 23.9. The molecule has 0 aromatic heterocycles. The van der Waals surface area contributed by atoms with Crippen molar-refractivity contribution in [2.75, 3.05) is 18.2 Å². The van der Waals surface area contributed by atoms with Crippen LogP contribution >= 0.6 is 11.8 Å². The van der Waals surface area contributed by atoms with Crippen molar-refractivity contribution in [1.82, 2.24) is 5.32 Å². The molecule has 2 aromatic rings. The predicted molar refractivity (Wildman–Crippen MR) is 96.3 cm³/mol. The number of anilines is 1. The summed E-state index contributed by atoms with van der Waals surface area (Å²) in [6.07, 6.45) is 0. The number of ether oxygens (including phenoxy) is 1. The monoisotopic (exact) mass is 344 g/mol. The van der Waals surface area contributed by atoms with Crippen LogP contribution in [0, 0.1) is 0 Å². The van der Waals surface area contributed by atoms with E-state index < -0.39 is 0 Å². The zero-order valence-electron chi connectivity index (χ0n) is 13.7. The molecule has 0 saturated carbocycles. The van der Waals surface area contributed by atoms with Crippen molar-refractivity contribution in [3.8, 4) is 5.75 Å². The summed E-state index contributed by atoms with van der Waals surface area (Å²) in [7, 11) is 1.62. The van der Waals surface area contributed by atoms with Crippen molar-refractivity contribution in [3.63, 3.8) is 0 Å². The van der Waals surface area contributed by atoms with Crippen LogP contribution in [0.3, 0.4) is 0 Å². The predicted octanol–water partition coefficient (Wildman–Crippen LogP) is 3.06. The molecule has 0 spiro atoms. The van der Waals surface area contributed by atoms with Gasteiger partial charge in [-0.25, -0.2) is 0 Å². The maximum Gasteiger partial charge on any atom is 0.234 e. The van der Waals surface area contributed by atoms with E-state index in [0.29, 0.717) is 12.3 Å². The summed E-state index contributed by atoms with van der Waals surface area (Å²) < 4.78 is 5.16. The summed E-state index contributed by atoms with van der Waals surface area (Å²) in [5.74, 6) is 0.954. The largest absolute Gasteiger partial charge is 0.497 e. The first kappa shape index (κ1) is 17.9. The summed E-state index contributed by atoms with van der Waals surface area (Å²) in [5, 5.41) is 5.58. The Bertz CT molecular complexity index is 702. The number of thioether (sulfide) groups is 1. The Hall–Kier alpha value is -2.47. The van der Waals surface area contributed by atoms with Gasteiger partial charge >= 0.3 is 0 Å². The lowest BCUT2D eigenvalue weighted by Gasteiger charge is -2.07. The third-order valence-corrected chi connectivity index (χ3v) is 4.18. The van der Waals surface area contributed by atoms with Gasteiger partial charge in [-0.3, -0.25) is 9.59 Å². The lowest BCUT2D eigenvalue weighted by Crippen LogP contribution is -2.19. The van der Waals surface area contributed by atoms with E-state index in [1.165, 1.54) is 18.7 Å². The number of nitrogens with one attached hydrogen (secondary N) is 2. The number of methoxy groups -OCH3 is 1. The highest BCUT2D eigenvalue weighted by atomic mass is 32.2. The fourth-order valence-electron chi connectivity index (χ4n) is 1.97. The van der Waals surface area contributed by atoms with Crippen molar-refractivity contribution in [1.29, 1.82) is 0 Å². The molecular weight excluding hydrogens is 324 g/mol. The molecule has 6 heteroatoms. The van der Waals surface area contributed by atoms with Crippen molar-refractivity contribution >= 4 is 29.3 Å². The van der Waals surface area contributed by atoms with Crippen molar-refractivity contribution in [2.45, 2.75) is 18.4 Å². The van der Waals surface area contributed by atoms with Crippen LogP contribution in [0.15, 0.2) is 53.4 Å². The van der Waals surface area contributed by atoms with Crippen LogP contribution in [0.25, 0.3) is 0 Å². The highest BCUT2D eigenvalue weighted by Gasteiger charge is 2.05. The van der Waals surface area contributed by atoms with Gasteiger partial charge in [-0.1, -0.05) is 18.2 Å². The molecule has 0 radical (unpaired) electrons. The van der Waals surface area contributed by atoms with E-state index >= 15 is 0 Å². The van der Waals surface area contributed by atoms with Gasteiger partial charge in [-0.05, 0) is 35.9 Å². The number of amides is 2. The number of carbonyl (C=O) groups excluding carboxylic acids is 2. The van der Waals surface area contributed by atoms with E-state index in [0.717, 1.165) is 21.9 Å². The Morgan fingerprint density at radius 1 is 1.12 bits per heavy atom. The van der Waals surface area contributed by atoms with Gasteiger partial charge in [0.15, 0.2) is 0 Å². The topological polar surface area (TPSA) is 67.4 Å². The van der Waals surface area contributed by atoms with Gasteiger partial charge in [0, 0.05) is 24.1 Å². The van der Waals surface area contributed by atoms with Gasteiger partial charge in [0.1, 0.15) is 5.75 Å². The molecule has 0 bridgehead atoms. The molecule has 0 aliphatic heterocycles. The van der Waals surface area contributed by atoms with E-state index in [4.69, 9.17) is 4.74 Å². The van der Waals surface area contributed by atoms with Crippen LogP contribution < -0.4 is 15.4 Å². The quantitative estimate of drug-likeness (QED) is 0.758. The maximum absolute atomic E-state index is 12.0. The second-order valence-corrected chi connectivity index (χ2v) is 6.17. The molecule has 0 fully saturated rings. The zero-order chi connectivity index (χ0) is 17.4. The fourth-order valence-corrected chi connectivity index (χ4v) is 2.71. The van der Waals surface area contributed by atoms with Crippen LogP contribution in [-0.4, -0.2) is 24.7 Å². The van der Waals surface area contributed by atoms with E-state index in [1.807, 2.05) is 48.5 Å². The third-order valence-electron chi connectivity index (χ3n) is 3.19. The van der Waals surface area contributed by atoms with E-state index in [-0.39, 0.29) is 11.8 Å². The minimum atomic E-state index is -0.0718. The lowest BCUT2D eigenvalue weighted by atomic mass is 10.2. The number of benzene rings is 2. The first-order valence-corrected chi connectivity index (χ1v) is 8.45. The van der Waals surface area contributed by atoms with Gasteiger partial charge < -0.3 is 15.4 Å². The number of hydrogen-bond acceptors (Lipinski definition) is 4. The molecule has 2 amide bonds. The van der Waals surface area contributed by atoms with E-state index in [9.17, 15) is 9.59 Å². The Morgan fingerprint density at radius 2 is 1.88 bits per heavy atom. The molecule has 0 atom stereocenters. The Labute approximate surface area is 145 Å². The van der Waals surface area contributed by atoms with Crippen molar-refractivity contribution < 1.29 is 14.3 Å². The molecule has 0 saturated heterocycles. The Morgan fingerprint density at radius 3 is 2.54 bits per heavy atom. The van der Waals surface area contributed by atoms with Gasteiger partial charge in [0.2, 0.25) is 11.8 Å². The number of carbonyl (C=O) groups is 2. The molecule has 0 aliphatic carbocycles. The van der Waals surface area contributed by atoms with E-state index in [2.05, 4.69) is 10.6 Å². The average Bonchev–Trinajstić information content (AvgIpc) is 2.59. The minimum Gasteiger partial charge on any atom is -0.497 e. The molecule has 24 heavy (non-hydrogen) atoms. The van der Waals surface area contributed by atoms with Crippen LogP contribution in [0.2, 0.25) is 0 Å². The molecular formula is C18H20N2O3S. The van der Waals surface area contributed by atoms with Crippen LogP contribution in [0.1, 0.15) is 12.5 Å². The summed E-state index contributed by atoms with van der Waals surface area (Å²) in [6.45, 7) is 1.96. The molecule has 126 valence electrons. The number of hydrogen-bond donors (Lipinski definition) is 2. The lowest BCUT2D eigenvalue weighted by molar-refractivity contribution is -0.119. The standard InChI is InChI=1S/C18H20N2O3S/c1-13(21)19-11-14-6-8-15(9-7-14)20-18(22)12-24-17-5-3-4-16(10-17)23-2/h3-10H,11-12H2,1-2H3,(H,19,21)(H,20,22). The van der Waals surface area contributed by atoms with Crippen molar-refractivity contribution in [2.24, 2.45) is 0 Å². The Kier molecular flexibility index (Phi) is 6.69. The van der Waals surface area contributed by atoms with Crippen LogP contribution in [0.4, 0.5) is 5.69 Å². The maximum atomic E-state index is 12.0. The van der Waals surface area contributed by atoms with E-state index in [1.54, 1.807) is 7.11 Å². The highest BCUT2D eigenvalue weighted by Crippen LogP contribution is 2.23. The summed E-state index contributed by atoms with van der Waals surface area (Å²) in [6, 6.07) is 15.0. The SMILES string of the molecule is COc1cccc(SCC(=O)Nc2ccc(CNC(C)=O)cc2)c1. The van der Waals surface area contributed by atoms with Gasteiger partial charge in [0.25, 0.3) is 0 Å². The molecule has 2 aromatic carbocycles. The first-order chi connectivity index (χ1) is 11.6. The normalized spacial score (nSPS) is 10.1. The number of rotatable bonds is 7. The average molecular weight is 344 g/mol. The molecule has 2 rings (SSSR count). The second kappa shape index (κ2) is 8.98. The third kappa shape index (κ3) is 5.96. The second-order valence-electron chi connectivity index (χ2n) is 5.12. The molecule has 0 aliphatic rings. The summed E-state index contributed by atoms with van der Waals surface area (Å²) >= 11 is 1.45. The fraction of sp³-hybridized carbons (Fsp3) is 0.222. The Balaban J connectivity index is 1.82.